The summed E-state index contributed by atoms with van der Waals surface area (Å²) in [5.74, 6) is 5.34. The maximum absolute atomic E-state index is 12.1. The number of ether oxygens (including phenoxy) is 1. The molecule has 2 rings (SSSR count). The van der Waals surface area contributed by atoms with Gasteiger partial charge in [0.25, 0.3) is 10.2 Å². The van der Waals surface area contributed by atoms with E-state index in [1.807, 2.05) is 12.1 Å². The second-order valence-corrected chi connectivity index (χ2v) is 6.25. The number of hydrogen-bond acceptors (Lipinski definition) is 4. The zero-order valence-corrected chi connectivity index (χ0v) is 12.4. The Morgan fingerprint density at radius 1 is 1.24 bits per heavy atom. The number of aliphatic hydroxyl groups excluding tert-OH is 1. The Bertz CT molecular complexity index is 611. The summed E-state index contributed by atoms with van der Waals surface area (Å²) in [6.07, 6.45) is 0. The quantitative estimate of drug-likeness (QED) is 0.748. The van der Waals surface area contributed by atoms with Gasteiger partial charge in [0, 0.05) is 25.2 Å². The first-order chi connectivity index (χ1) is 10.1. The van der Waals surface area contributed by atoms with Gasteiger partial charge in [-0.05, 0) is 17.7 Å². The van der Waals surface area contributed by atoms with Gasteiger partial charge in [0.05, 0.1) is 13.2 Å². The molecule has 1 aliphatic heterocycles. The van der Waals surface area contributed by atoms with Crippen molar-refractivity contribution < 1.29 is 18.3 Å². The highest BCUT2D eigenvalue weighted by Gasteiger charge is 2.23. The Balaban J connectivity index is 1.92. The fourth-order valence-electron chi connectivity index (χ4n) is 1.90. The van der Waals surface area contributed by atoms with Gasteiger partial charge in [-0.3, -0.25) is 0 Å². The van der Waals surface area contributed by atoms with Crippen molar-refractivity contribution in [1.29, 1.82) is 0 Å². The lowest BCUT2D eigenvalue weighted by molar-refractivity contribution is 0.0725. The second-order valence-electron chi connectivity index (χ2n) is 4.49. The van der Waals surface area contributed by atoms with E-state index in [2.05, 4.69) is 16.6 Å². The van der Waals surface area contributed by atoms with Gasteiger partial charge in [-0.15, -0.1) is 0 Å². The number of morpholine rings is 1. The van der Waals surface area contributed by atoms with Crippen molar-refractivity contribution in [1.82, 2.24) is 9.03 Å². The standard InChI is InChI=1S/C14H18N2O4S/c17-9-1-2-13-3-5-14(6-4-13)12-15-21(18,19)16-7-10-20-11-8-16/h3-6,15,17H,7-12H2. The summed E-state index contributed by atoms with van der Waals surface area (Å²) in [6.45, 7) is 1.67. The van der Waals surface area contributed by atoms with Crippen molar-refractivity contribution in [3.05, 3.63) is 35.4 Å². The van der Waals surface area contributed by atoms with Crippen LogP contribution in [0.4, 0.5) is 0 Å². The molecule has 2 N–H and O–H groups in total. The lowest BCUT2D eigenvalue weighted by Gasteiger charge is -2.26. The van der Waals surface area contributed by atoms with Crippen LogP contribution in [0.3, 0.4) is 0 Å². The first kappa shape index (κ1) is 15.9. The summed E-state index contributed by atoms with van der Waals surface area (Å²) >= 11 is 0. The Morgan fingerprint density at radius 2 is 1.90 bits per heavy atom. The van der Waals surface area contributed by atoms with Crippen LogP contribution >= 0.6 is 0 Å². The van der Waals surface area contributed by atoms with Gasteiger partial charge < -0.3 is 9.84 Å². The number of nitrogens with one attached hydrogen (secondary N) is 1. The number of nitrogens with zero attached hydrogens (tertiary/aromatic N) is 1. The van der Waals surface area contributed by atoms with Crippen molar-refractivity contribution in [3.8, 4) is 11.8 Å². The predicted molar refractivity (Wildman–Crippen MR) is 78.6 cm³/mol. The van der Waals surface area contributed by atoms with Crippen molar-refractivity contribution in [2.75, 3.05) is 32.9 Å². The molecule has 0 atom stereocenters. The molecule has 0 amide bonds. The van der Waals surface area contributed by atoms with Crippen LogP contribution in [-0.2, 0) is 21.5 Å². The van der Waals surface area contributed by atoms with Gasteiger partial charge in [0.2, 0.25) is 0 Å². The Hall–Kier alpha value is -1.43. The van der Waals surface area contributed by atoms with Crippen LogP contribution in [0.15, 0.2) is 24.3 Å². The topological polar surface area (TPSA) is 78.9 Å². The third-order valence-electron chi connectivity index (χ3n) is 3.03. The first-order valence-electron chi connectivity index (χ1n) is 6.63. The van der Waals surface area contributed by atoms with Crippen LogP contribution in [0.5, 0.6) is 0 Å². The predicted octanol–water partition coefficient (Wildman–Crippen LogP) is -0.303. The lowest BCUT2D eigenvalue weighted by atomic mass is 10.1. The average molecular weight is 310 g/mol. The highest BCUT2D eigenvalue weighted by molar-refractivity contribution is 7.87. The number of aliphatic hydroxyl groups is 1. The molecule has 0 aliphatic carbocycles. The molecule has 1 fully saturated rings. The van der Waals surface area contributed by atoms with E-state index in [0.717, 1.165) is 11.1 Å². The molecular weight excluding hydrogens is 292 g/mol. The normalized spacial score (nSPS) is 16.2. The molecule has 1 aromatic carbocycles. The fourth-order valence-corrected chi connectivity index (χ4v) is 3.06. The molecule has 21 heavy (non-hydrogen) atoms. The van der Waals surface area contributed by atoms with E-state index in [1.54, 1.807) is 12.1 Å². The maximum atomic E-state index is 12.1. The molecule has 1 heterocycles. The van der Waals surface area contributed by atoms with Gasteiger partial charge in [-0.2, -0.15) is 17.4 Å². The Kier molecular flexibility index (Phi) is 5.73. The van der Waals surface area contributed by atoms with E-state index in [0.29, 0.717) is 26.3 Å². The zero-order chi connectivity index (χ0) is 15.1. The van der Waals surface area contributed by atoms with Crippen LogP contribution in [0, 0.1) is 11.8 Å². The Morgan fingerprint density at radius 3 is 2.52 bits per heavy atom. The molecule has 0 saturated carbocycles. The Labute approximate surface area is 124 Å². The minimum absolute atomic E-state index is 0.179. The van der Waals surface area contributed by atoms with Gasteiger partial charge in [-0.1, -0.05) is 24.0 Å². The third-order valence-corrected chi connectivity index (χ3v) is 4.59. The van der Waals surface area contributed by atoms with Crippen LogP contribution in [0.25, 0.3) is 0 Å². The summed E-state index contributed by atoms with van der Waals surface area (Å²) in [6, 6.07) is 7.20. The molecule has 0 spiro atoms. The minimum atomic E-state index is -3.46. The number of benzene rings is 1. The van der Waals surface area contributed by atoms with Gasteiger partial charge in [0.1, 0.15) is 6.61 Å². The maximum Gasteiger partial charge on any atom is 0.279 e. The zero-order valence-electron chi connectivity index (χ0n) is 11.6. The molecule has 1 saturated heterocycles. The average Bonchev–Trinajstić information content (AvgIpc) is 2.53. The number of rotatable bonds is 4. The van der Waals surface area contributed by atoms with Crippen molar-refractivity contribution in [2.24, 2.45) is 0 Å². The first-order valence-corrected chi connectivity index (χ1v) is 8.07. The van der Waals surface area contributed by atoms with E-state index in [1.165, 1.54) is 4.31 Å². The summed E-state index contributed by atoms with van der Waals surface area (Å²) in [5, 5.41) is 8.62. The smallest absolute Gasteiger partial charge is 0.279 e. The van der Waals surface area contributed by atoms with Crippen LogP contribution in [0.2, 0.25) is 0 Å². The third kappa shape index (κ3) is 4.81. The largest absolute Gasteiger partial charge is 0.384 e. The highest BCUT2D eigenvalue weighted by atomic mass is 32.2. The van der Waals surface area contributed by atoms with Gasteiger partial charge in [-0.25, -0.2) is 0 Å². The van der Waals surface area contributed by atoms with Crippen molar-refractivity contribution in [2.45, 2.75) is 6.54 Å². The van der Waals surface area contributed by atoms with E-state index < -0.39 is 10.2 Å². The van der Waals surface area contributed by atoms with E-state index in [-0.39, 0.29) is 13.2 Å². The monoisotopic (exact) mass is 310 g/mol. The van der Waals surface area contributed by atoms with E-state index in [9.17, 15) is 8.42 Å². The summed E-state index contributed by atoms with van der Waals surface area (Å²) in [4.78, 5) is 0. The van der Waals surface area contributed by atoms with Crippen LogP contribution < -0.4 is 4.72 Å². The molecule has 0 unspecified atom stereocenters. The second kappa shape index (κ2) is 7.54. The van der Waals surface area contributed by atoms with Gasteiger partial charge >= 0.3 is 0 Å². The summed E-state index contributed by atoms with van der Waals surface area (Å²) in [5.41, 5.74) is 1.63. The SMILES string of the molecule is O=S(=O)(NCc1ccc(C#CCO)cc1)N1CCOCC1. The lowest BCUT2D eigenvalue weighted by Crippen LogP contribution is -2.46. The minimum Gasteiger partial charge on any atom is -0.384 e. The molecule has 0 bridgehead atoms. The fraction of sp³-hybridized carbons (Fsp3) is 0.429. The number of hydrogen-bond donors (Lipinski definition) is 2. The highest BCUT2D eigenvalue weighted by Crippen LogP contribution is 2.06. The van der Waals surface area contributed by atoms with Crippen LogP contribution in [0.1, 0.15) is 11.1 Å². The van der Waals surface area contributed by atoms with Crippen LogP contribution in [-0.4, -0.2) is 50.7 Å². The molecule has 0 radical (unpaired) electrons. The summed E-state index contributed by atoms with van der Waals surface area (Å²) < 4.78 is 33.3. The van der Waals surface area contributed by atoms with E-state index in [4.69, 9.17) is 9.84 Å². The van der Waals surface area contributed by atoms with Gasteiger partial charge in [0.15, 0.2) is 0 Å². The van der Waals surface area contributed by atoms with Crippen molar-refractivity contribution in [3.63, 3.8) is 0 Å². The van der Waals surface area contributed by atoms with E-state index >= 15 is 0 Å². The molecule has 7 heteroatoms. The molecule has 6 nitrogen and oxygen atoms in total. The van der Waals surface area contributed by atoms with Crippen molar-refractivity contribution >= 4 is 10.2 Å². The molecule has 1 aliphatic rings. The molecular formula is C14H18N2O4S. The molecule has 0 aromatic heterocycles. The summed E-state index contributed by atoms with van der Waals surface area (Å²) in [7, 11) is -3.46. The molecule has 1 aromatic rings. The molecule has 114 valence electrons.